The molecule has 4 nitrogen and oxygen atoms in total. The summed E-state index contributed by atoms with van der Waals surface area (Å²) >= 11 is 0. The fourth-order valence-corrected chi connectivity index (χ4v) is 2.50. The van der Waals surface area contributed by atoms with E-state index in [2.05, 4.69) is 19.2 Å². The first-order valence-electron chi connectivity index (χ1n) is 5.76. The molecule has 1 aromatic carbocycles. The Morgan fingerprint density at radius 3 is 2.56 bits per heavy atom. The SMILES string of the molecule is CC1(C)CC1CNc1ccc(S(N)(=O)=O)cc1F. The minimum absolute atomic E-state index is 0.211. The Morgan fingerprint density at radius 1 is 1.50 bits per heavy atom. The number of rotatable bonds is 4. The van der Waals surface area contributed by atoms with E-state index < -0.39 is 15.8 Å². The molecule has 0 spiro atoms. The van der Waals surface area contributed by atoms with E-state index in [0.717, 1.165) is 12.5 Å². The van der Waals surface area contributed by atoms with Gasteiger partial charge in [0.1, 0.15) is 5.82 Å². The third kappa shape index (κ3) is 2.81. The number of halogens is 1. The first kappa shape index (κ1) is 13.3. The van der Waals surface area contributed by atoms with Crippen LogP contribution >= 0.6 is 0 Å². The standard InChI is InChI=1S/C12H17FN2O2S/c1-12(2)6-8(12)7-15-11-4-3-9(5-10(11)13)18(14,16)17/h3-5,8,15H,6-7H2,1-2H3,(H2,14,16,17). The second kappa shape index (κ2) is 4.20. The van der Waals surface area contributed by atoms with E-state index >= 15 is 0 Å². The third-order valence-electron chi connectivity index (χ3n) is 3.53. The van der Waals surface area contributed by atoms with E-state index in [1.807, 2.05) is 0 Å². The van der Waals surface area contributed by atoms with Gasteiger partial charge < -0.3 is 5.32 Å². The molecule has 1 aromatic rings. The summed E-state index contributed by atoms with van der Waals surface area (Å²) in [5.74, 6) is -0.0604. The number of benzene rings is 1. The van der Waals surface area contributed by atoms with Crippen LogP contribution in [0.2, 0.25) is 0 Å². The average Bonchev–Trinajstić information content (AvgIpc) is 2.83. The van der Waals surface area contributed by atoms with Crippen LogP contribution in [0.3, 0.4) is 0 Å². The molecular weight excluding hydrogens is 255 g/mol. The van der Waals surface area contributed by atoms with E-state index in [1.54, 1.807) is 0 Å². The normalized spacial score (nSPS) is 21.7. The Labute approximate surface area is 106 Å². The van der Waals surface area contributed by atoms with Gasteiger partial charge in [-0.1, -0.05) is 13.8 Å². The Kier molecular flexibility index (Phi) is 3.11. The number of primary sulfonamides is 1. The van der Waals surface area contributed by atoms with Crippen molar-refractivity contribution in [1.82, 2.24) is 0 Å². The van der Waals surface area contributed by atoms with E-state index in [1.165, 1.54) is 12.1 Å². The van der Waals surface area contributed by atoms with Crippen molar-refractivity contribution in [3.8, 4) is 0 Å². The zero-order valence-corrected chi connectivity index (χ0v) is 11.2. The second-order valence-corrected chi connectivity index (χ2v) is 7.02. The highest BCUT2D eigenvalue weighted by Gasteiger charge is 2.44. The number of nitrogens with two attached hydrogens (primary N) is 1. The zero-order chi connectivity index (χ0) is 13.6. The van der Waals surface area contributed by atoms with Crippen LogP contribution in [-0.2, 0) is 10.0 Å². The summed E-state index contributed by atoms with van der Waals surface area (Å²) < 4.78 is 35.8. The summed E-state index contributed by atoms with van der Waals surface area (Å²) in [6.07, 6.45) is 1.12. The Morgan fingerprint density at radius 2 is 2.11 bits per heavy atom. The average molecular weight is 272 g/mol. The molecule has 0 aromatic heterocycles. The molecule has 18 heavy (non-hydrogen) atoms. The van der Waals surface area contributed by atoms with Crippen molar-refractivity contribution in [3.05, 3.63) is 24.0 Å². The molecule has 0 aliphatic heterocycles. The van der Waals surface area contributed by atoms with Crippen molar-refractivity contribution in [3.63, 3.8) is 0 Å². The molecule has 0 saturated heterocycles. The molecule has 2 rings (SSSR count). The van der Waals surface area contributed by atoms with Crippen LogP contribution < -0.4 is 10.5 Å². The lowest BCUT2D eigenvalue weighted by Crippen LogP contribution is -2.13. The van der Waals surface area contributed by atoms with E-state index in [9.17, 15) is 12.8 Å². The molecule has 6 heteroatoms. The van der Waals surface area contributed by atoms with Crippen LogP contribution in [0.4, 0.5) is 10.1 Å². The van der Waals surface area contributed by atoms with Crippen molar-refractivity contribution in [2.24, 2.45) is 16.5 Å². The van der Waals surface area contributed by atoms with Gasteiger partial charge in [-0.25, -0.2) is 17.9 Å². The van der Waals surface area contributed by atoms with Gasteiger partial charge in [0, 0.05) is 6.54 Å². The number of nitrogens with one attached hydrogen (secondary N) is 1. The minimum atomic E-state index is -3.85. The Balaban J connectivity index is 2.07. The molecule has 1 fully saturated rings. The molecule has 0 bridgehead atoms. The number of hydrogen-bond acceptors (Lipinski definition) is 3. The van der Waals surface area contributed by atoms with Gasteiger partial charge in [0.25, 0.3) is 0 Å². The Hall–Kier alpha value is -1.14. The lowest BCUT2D eigenvalue weighted by Gasteiger charge is -2.09. The van der Waals surface area contributed by atoms with Crippen LogP contribution in [0.5, 0.6) is 0 Å². The van der Waals surface area contributed by atoms with Crippen LogP contribution in [0, 0.1) is 17.2 Å². The van der Waals surface area contributed by atoms with Crippen LogP contribution in [0.25, 0.3) is 0 Å². The van der Waals surface area contributed by atoms with Crippen molar-refractivity contribution in [2.45, 2.75) is 25.2 Å². The van der Waals surface area contributed by atoms with E-state index in [-0.39, 0.29) is 4.90 Å². The summed E-state index contributed by atoms with van der Waals surface area (Å²) in [7, 11) is -3.85. The fourth-order valence-electron chi connectivity index (χ4n) is 1.97. The van der Waals surface area contributed by atoms with Gasteiger partial charge >= 0.3 is 0 Å². The maximum atomic E-state index is 13.7. The third-order valence-corrected chi connectivity index (χ3v) is 4.44. The molecule has 1 aliphatic carbocycles. The Bertz CT molecular complexity index is 569. The maximum Gasteiger partial charge on any atom is 0.238 e. The summed E-state index contributed by atoms with van der Waals surface area (Å²) in [6.45, 7) is 5.03. The first-order chi connectivity index (χ1) is 8.20. The van der Waals surface area contributed by atoms with Crippen molar-refractivity contribution >= 4 is 15.7 Å². The van der Waals surface area contributed by atoms with Gasteiger partial charge in [-0.05, 0) is 36.0 Å². The van der Waals surface area contributed by atoms with E-state index in [4.69, 9.17) is 5.14 Å². The molecule has 3 N–H and O–H groups in total. The van der Waals surface area contributed by atoms with Gasteiger partial charge in [0.15, 0.2) is 0 Å². The van der Waals surface area contributed by atoms with Crippen LogP contribution in [0.15, 0.2) is 23.1 Å². The molecule has 1 atom stereocenters. The molecule has 1 saturated carbocycles. The van der Waals surface area contributed by atoms with Gasteiger partial charge in [-0.15, -0.1) is 0 Å². The molecule has 0 heterocycles. The van der Waals surface area contributed by atoms with Gasteiger partial charge in [0.2, 0.25) is 10.0 Å². The minimum Gasteiger partial charge on any atom is -0.382 e. The number of sulfonamides is 1. The molecule has 1 unspecified atom stereocenters. The van der Waals surface area contributed by atoms with Crippen LogP contribution in [0.1, 0.15) is 20.3 Å². The van der Waals surface area contributed by atoms with Crippen molar-refractivity contribution < 1.29 is 12.8 Å². The summed E-state index contributed by atoms with van der Waals surface area (Å²) in [4.78, 5) is -0.211. The second-order valence-electron chi connectivity index (χ2n) is 5.46. The van der Waals surface area contributed by atoms with Gasteiger partial charge in [0.05, 0.1) is 10.6 Å². The monoisotopic (exact) mass is 272 g/mol. The highest BCUT2D eigenvalue weighted by Crippen LogP contribution is 2.51. The van der Waals surface area contributed by atoms with Gasteiger partial charge in [-0.2, -0.15) is 0 Å². The summed E-state index contributed by atoms with van der Waals surface area (Å²) in [5.41, 5.74) is 0.634. The quantitative estimate of drug-likeness (QED) is 0.879. The zero-order valence-electron chi connectivity index (χ0n) is 10.4. The molecule has 0 radical (unpaired) electrons. The highest BCUT2D eigenvalue weighted by molar-refractivity contribution is 7.89. The first-order valence-corrected chi connectivity index (χ1v) is 7.31. The molecule has 1 aliphatic rings. The summed E-state index contributed by atoms with van der Waals surface area (Å²) in [6, 6.07) is 3.65. The lowest BCUT2D eigenvalue weighted by molar-refractivity contribution is 0.570. The van der Waals surface area contributed by atoms with Crippen molar-refractivity contribution in [2.75, 3.05) is 11.9 Å². The maximum absolute atomic E-state index is 13.7. The summed E-state index contributed by atoms with van der Waals surface area (Å²) in [5, 5.41) is 7.93. The molecule has 0 amide bonds. The van der Waals surface area contributed by atoms with Gasteiger partial charge in [-0.3, -0.25) is 0 Å². The predicted molar refractivity (Wildman–Crippen MR) is 68.2 cm³/mol. The smallest absolute Gasteiger partial charge is 0.238 e. The van der Waals surface area contributed by atoms with Crippen molar-refractivity contribution in [1.29, 1.82) is 0 Å². The lowest BCUT2D eigenvalue weighted by atomic mass is 10.1. The fraction of sp³-hybridized carbons (Fsp3) is 0.500. The molecular formula is C12H17FN2O2S. The largest absolute Gasteiger partial charge is 0.382 e. The number of hydrogen-bond donors (Lipinski definition) is 2. The van der Waals surface area contributed by atoms with E-state index in [0.29, 0.717) is 23.6 Å². The molecule has 100 valence electrons. The van der Waals surface area contributed by atoms with Crippen LogP contribution in [-0.4, -0.2) is 15.0 Å². The number of anilines is 1. The topological polar surface area (TPSA) is 72.2 Å². The predicted octanol–water partition coefficient (Wildman–Crippen LogP) is 1.93. The highest BCUT2D eigenvalue weighted by atomic mass is 32.2.